The normalized spacial score (nSPS) is 19.6. The topological polar surface area (TPSA) is 20.3 Å². The Morgan fingerprint density at radius 1 is 1.50 bits per heavy atom. The molecule has 0 bridgehead atoms. The number of halogens is 1. The highest BCUT2D eigenvalue weighted by Crippen LogP contribution is 2.26. The monoisotopic (exact) mass is 327 g/mol. The van der Waals surface area contributed by atoms with Gasteiger partial charge >= 0.3 is 0 Å². The number of rotatable bonds is 3. The first kappa shape index (κ1) is 13.9. The lowest BCUT2D eigenvalue weighted by molar-refractivity contribution is -0.130. The second kappa shape index (κ2) is 6.62. The molecule has 1 aromatic rings. The van der Waals surface area contributed by atoms with Crippen molar-refractivity contribution in [1.82, 2.24) is 4.90 Å². The van der Waals surface area contributed by atoms with E-state index in [1.165, 1.54) is 18.4 Å². The molecular weight excluding hydrogens is 310 g/mol. The van der Waals surface area contributed by atoms with Crippen molar-refractivity contribution in [3.05, 3.63) is 34.3 Å². The van der Waals surface area contributed by atoms with Crippen LogP contribution in [0.2, 0.25) is 0 Å². The number of hydrogen-bond donors (Lipinski definition) is 0. The first-order valence-electron chi connectivity index (χ1n) is 6.28. The highest BCUT2D eigenvalue weighted by molar-refractivity contribution is 9.10. The van der Waals surface area contributed by atoms with E-state index in [0.29, 0.717) is 6.54 Å². The summed E-state index contributed by atoms with van der Waals surface area (Å²) >= 11 is 5.27. The van der Waals surface area contributed by atoms with Crippen molar-refractivity contribution in [1.29, 1.82) is 0 Å². The zero-order chi connectivity index (χ0) is 13.0. The Morgan fingerprint density at radius 2 is 2.33 bits per heavy atom. The van der Waals surface area contributed by atoms with Crippen LogP contribution in [0.15, 0.2) is 28.7 Å². The lowest BCUT2D eigenvalue weighted by Gasteiger charge is -2.26. The van der Waals surface area contributed by atoms with Gasteiger partial charge in [-0.2, -0.15) is 0 Å². The van der Waals surface area contributed by atoms with E-state index in [9.17, 15) is 4.79 Å². The summed E-state index contributed by atoms with van der Waals surface area (Å²) in [5, 5.41) is 0.177. The summed E-state index contributed by atoms with van der Waals surface area (Å²) in [6.07, 6.45) is 3.48. The Bertz CT molecular complexity index is 418. The van der Waals surface area contributed by atoms with Gasteiger partial charge in [-0.15, -0.1) is 11.8 Å². The molecule has 1 amide bonds. The Kier molecular flexibility index (Phi) is 5.13. The number of carbonyl (C=O) groups is 1. The second-order valence-corrected chi connectivity index (χ2v) is 6.91. The lowest BCUT2D eigenvalue weighted by Crippen LogP contribution is -2.35. The number of thioether (sulfide) groups is 1. The van der Waals surface area contributed by atoms with Gasteiger partial charge in [-0.25, -0.2) is 0 Å². The van der Waals surface area contributed by atoms with Crippen LogP contribution in [0.5, 0.6) is 0 Å². The van der Waals surface area contributed by atoms with E-state index in [1.54, 1.807) is 0 Å². The van der Waals surface area contributed by atoms with Crippen LogP contribution >= 0.6 is 27.7 Å². The lowest BCUT2D eigenvalue weighted by atomic mass is 10.1. The number of amides is 1. The average molecular weight is 328 g/mol. The summed E-state index contributed by atoms with van der Waals surface area (Å²) in [6, 6.07) is 8.13. The fraction of sp³-hybridized carbons (Fsp3) is 0.500. The third kappa shape index (κ3) is 3.75. The van der Waals surface area contributed by atoms with Crippen molar-refractivity contribution in [2.45, 2.75) is 31.1 Å². The molecule has 1 unspecified atom stereocenters. The smallest absolute Gasteiger partial charge is 0.235 e. The van der Waals surface area contributed by atoms with Crippen molar-refractivity contribution >= 4 is 33.6 Å². The highest BCUT2D eigenvalue weighted by atomic mass is 79.9. The van der Waals surface area contributed by atoms with Crippen LogP contribution in [0.4, 0.5) is 0 Å². The van der Waals surface area contributed by atoms with Gasteiger partial charge in [-0.3, -0.25) is 4.79 Å². The van der Waals surface area contributed by atoms with Crippen LogP contribution in [0.25, 0.3) is 0 Å². The van der Waals surface area contributed by atoms with E-state index < -0.39 is 0 Å². The molecular formula is C14H18BrNOS. The Hall–Kier alpha value is -0.480. The molecule has 0 radical (unpaired) electrons. The average Bonchev–Trinajstić information content (AvgIpc) is 2.39. The molecule has 1 saturated heterocycles. The van der Waals surface area contributed by atoms with Crippen LogP contribution in [0.3, 0.4) is 0 Å². The molecule has 98 valence electrons. The molecule has 1 aliphatic rings. The molecule has 0 spiro atoms. The van der Waals surface area contributed by atoms with Gasteiger partial charge < -0.3 is 4.90 Å². The van der Waals surface area contributed by atoms with Gasteiger partial charge in [-0.1, -0.05) is 34.5 Å². The summed E-state index contributed by atoms with van der Waals surface area (Å²) in [5.74, 6) is 1.40. The molecule has 1 atom stereocenters. The van der Waals surface area contributed by atoms with Gasteiger partial charge in [0.05, 0.1) is 5.25 Å². The summed E-state index contributed by atoms with van der Waals surface area (Å²) < 4.78 is 1.06. The molecule has 1 aromatic carbocycles. The molecule has 0 saturated carbocycles. The predicted molar refractivity (Wildman–Crippen MR) is 80.7 cm³/mol. The Labute approximate surface area is 121 Å². The molecule has 0 N–H and O–H groups in total. The maximum absolute atomic E-state index is 12.3. The van der Waals surface area contributed by atoms with Crippen LogP contribution in [0, 0.1) is 0 Å². The maximum atomic E-state index is 12.3. The quantitative estimate of drug-likeness (QED) is 0.843. The van der Waals surface area contributed by atoms with E-state index >= 15 is 0 Å². The number of benzene rings is 1. The number of carbonyl (C=O) groups excluding carboxylic acids is 1. The zero-order valence-corrected chi connectivity index (χ0v) is 13.0. The summed E-state index contributed by atoms with van der Waals surface area (Å²) in [7, 11) is 1.90. The SMILES string of the molecule is CN(Cc1cccc(Br)c1)C(=O)C1CCCCS1. The largest absolute Gasteiger partial charge is 0.340 e. The molecule has 1 heterocycles. The van der Waals surface area contributed by atoms with Gasteiger partial charge in [-0.05, 0) is 36.3 Å². The van der Waals surface area contributed by atoms with Crippen molar-refractivity contribution in [3.8, 4) is 0 Å². The van der Waals surface area contributed by atoms with Crippen LogP contribution in [0.1, 0.15) is 24.8 Å². The molecule has 0 aliphatic carbocycles. The first-order valence-corrected chi connectivity index (χ1v) is 8.12. The summed E-state index contributed by atoms with van der Waals surface area (Å²) in [6.45, 7) is 0.690. The summed E-state index contributed by atoms with van der Waals surface area (Å²) in [5.41, 5.74) is 1.17. The zero-order valence-electron chi connectivity index (χ0n) is 10.6. The highest BCUT2D eigenvalue weighted by Gasteiger charge is 2.24. The first-order chi connectivity index (χ1) is 8.66. The Morgan fingerprint density at radius 3 is 3.00 bits per heavy atom. The van der Waals surface area contributed by atoms with E-state index in [2.05, 4.69) is 28.1 Å². The maximum Gasteiger partial charge on any atom is 0.235 e. The van der Waals surface area contributed by atoms with E-state index in [0.717, 1.165) is 16.6 Å². The van der Waals surface area contributed by atoms with Gasteiger partial charge in [0.15, 0.2) is 0 Å². The standard InChI is InChI=1S/C14H18BrNOS/c1-16(10-11-5-4-6-12(15)9-11)14(17)13-7-2-3-8-18-13/h4-6,9,13H,2-3,7-8,10H2,1H3. The van der Waals surface area contributed by atoms with Crippen molar-refractivity contribution in [3.63, 3.8) is 0 Å². The van der Waals surface area contributed by atoms with E-state index in [1.807, 2.05) is 35.8 Å². The fourth-order valence-electron chi connectivity index (χ4n) is 2.17. The van der Waals surface area contributed by atoms with Crippen LogP contribution in [-0.4, -0.2) is 28.9 Å². The molecule has 0 aromatic heterocycles. The number of hydrogen-bond acceptors (Lipinski definition) is 2. The predicted octanol–water partition coefficient (Wildman–Crippen LogP) is 3.69. The molecule has 2 nitrogen and oxygen atoms in total. The van der Waals surface area contributed by atoms with Crippen molar-refractivity contribution in [2.75, 3.05) is 12.8 Å². The second-order valence-electron chi connectivity index (χ2n) is 4.68. The molecule has 4 heteroatoms. The Balaban J connectivity index is 1.94. The molecule has 1 fully saturated rings. The van der Waals surface area contributed by atoms with Gasteiger partial charge in [0.25, 0.3) is 0 Å². The summed E-state index contributed by atoms with van der Waals surface area (Å²) in [4.78, 5) is 14.1. The minimum atomic E-state index is 0.177. The minimum Gasteiger partial charge on any atom is -0.340 e. The van der Waals surface area contributed by atoms with E-state index in [-0.39, 0.29) is 11.2 Å². The van der Waals surface area contributed by atoms with Gasteiger partial charge in [0.1, 0.15) is 0 Å². The number of nitrogens with zero attached hydrogens (tertiary/aromatic N) is 1. The minimum absolute atomic E-state index is 0.177. The third-order valence-corrected chi connectivity index (χ3v) is 5.00. The molecule has 1 aliphatic heterocycles. The van der Waals surface area contributed by atoms with Gasteiger partial charge in [0.2, 0.25) is 5.91 Å². The van der Waals surface area contributed by atoms with Gasteiger partial charge in [0, 0.05) is 18.1 Å². The van der Waals surface area contributed by atoms with Crippen LogP contribution in [-0.2, 0) is 11.3 Å². The fourth-order valence-corrected chi connectivity index (χ4v) is 3.93. The van der Waals surface area contributed by atoms with Crippen LogP contribution < -0.4 is 0 Å². The molecule has 2 rings (SSSR count). The van der Waals surface area contributed by atoms with Crippen molar-refractivity contribution < 1.29 is 4.79 Å². The van der Waals surface area contributed by atoms with Crippen molar-refractivity contribution in [2.24, 2.45) is 0 Å². The molecule has 18 heavy (non-hydrogen) atoms. The third-order valence-electron chi connectivity index (χ3n) is 3.14. The van der Waals surface area contributed by atoms with E-state index in [4.69, 9.17) is 0 Å².